The van der Waals surface area contributed by atoms with Crippen LogP contribution in [0.4, 0.5) is 10.5 Å². The standard InChI is InChI=1S/C33H37N3O7/c1-21-8-3-14-29(22(21)2)42-17-7-15-31(38)36-16-6-12-26-25(11-5-13-28(26)36)24-10-4-9-23(18-24)20-43-33(41)35-27(32(39)40)19-30(34)37/h3-5,8-11,13-14,18,27H,6-7,12,15-17,19-20H2,1-2H3,(H2,34,37)(H,35,41)(H,39,40). The second kappa shape index (κ2) is 14.4. The summed E-state index contributed by atoms with van der Waals surface area (Å²) >= 11 is 0. The van der Waals surface area contributed by atoms with Crippen molar-refractivity contribution >= 4 is 29.6 Å². The Morgan fingerprint density at radius 3 is 2.58 bits per heavy atom. The number of alkyl carbamates (subject to hydrolysis) is 1. The van der Waals surface area contributed by atoms with Crippen LogP contribution in [-0.4, -0.2) is 48.2 Å². The summed E-state index contributed by atoms with van der Waals surface area (Å²) in [6.07, 6.45) is 1.15. The molecule has 1 unspecified atom stereocenters. The number of fused-ring (bicyclic) bond motifs is 1. The quantitative estimate of drug-likeness (QED) is 0.261. The van der Waals surface area contributed by atoms with Crippen molar-refractivity contribution in [3.05, 3.63) is 82.9 Å². The number of primary amides is 1. The maximum Gasteiger partial charge on any atom is 0.408 e. The molecule has 0 spiro atoms. The fourth-order valence-corrected chi connectivity index (χ4v) is 5.14. The molecular weight excluding hydrogens is 550 g/mol. The van der Waals surface area contributed by atoms with Crippen molar-refractivity contribution in [2.75, 3.05) is 18.1 Å². The number of carboxylic acids is 1. The average molecular weight is 588 g/mol. The number of anilines is 1. The molecule has 0 aromatic heterocycles. The largest absolute Gasteiger partial charge is 0.493 e. The number of carbonyl (C=O) groups excluding carboxylic acids is 3. The van der Waals surface area contributed by atoms with E-state index in [1.54, 1.807) is 6.07 Å². The number of hydrogen-bond donors (Lipinski definition) is 3. The molecule has 3 aromatic rings. The van der Waals surface area contributed by atoms with E-state index < -0.39 is 30.4 Å². The Balaban J connectivity index is 1.39. The summed E-state index contributed by atoms with van der Waals surface area (Å²) in [7, 11) is 0. The Morgan fingerprint density at radius 1 is 1.05 bits per heavy atom. The summed E-state index contributed by atoms with van der Waals surface area (Å²) in [6, 6.07) is 17.9. The smallest absolute Gasteiger partial charge is 0.408 e. The van der Waals surface area contributed by atoms with E-state index >= 15 is 0 Å². The van der Waals surface area contributed by atoms with Gasteiger partial charge in [0.1, 0.15) is 18.4 Å². The van der Waals surface area contributed by atoms with Crippen molar-refractivity contribution in [2.45, 2.75) is 58.6 Å². The monoisotopic (exact) mass is 587 g/mol. The van der Waals surface area contributed by atoms with E-state index in [1.807, 2.05) is 73.3 Å². The van der Waals surface area contributed by atoms with Crippen LogP contribution in [0.15, 0.2) is 60.7 Å². The Labute approximate surface area is 250 Å². The maximum absolute atomic E-state index is 13.3. The number of nitrogens with zero attached hydrogens (tertiary/aromatic N) is 1. The molecule has 226 valence electrons. The number of aliphatic carboxylic acids is 1. The Morgan fingerprint density at radius 2 is 1.81 bits per heavy atom. The fourth-order valence-electron chi connectivity index (χ4n) is 5.14. The Hall–Kier alpha value is -4.86. The van der Waals surface area contributed by atoms with Gasteiger partial charge in [-0.15, -0.1) is 0 Å². The van der Waals surface area contributed by atoms with E-state index in [4.69, 9.17) is 15.2 Å². The maximum atomic E-state index is 13.3. The van der Waals surface area contributed by atoms with Gasteiger partial charge in [0, 0.05) is 18.7 Å². The summed E-state index contributed by atoms with van der Waals surface area (Å²) in [6.45, 7) is 5.09. The molecule has 4 rings (SSSR count). The summed E-state index contributed by atoms with van der Waals surface area (Å²) in [4.78, 5) is 49.6. The minimum absolute atomic E-state index is 0.0619. The first-order chi connectivity index (χ1) is 20.6. The zero-order valence-electron chi connectivity index (χ0n) is 24.4. The third-order valence-corrected chi connectivity index (χ3v) is 7.50. The summed E-state index contributed by atoms with van der Waals surface area (Å²) in [5.74, 6) is -1.33. The normalized spacial score (nSPS) is 13.0. The predicted octanol–water partition coefficient (Wildman–Crippen LogP) is 4.66. The van der Waals surface area contributed by atoms with Gasteiger partial charge in [0.15, 0.2) is 0 Å². The molecule has 0 saturated carbocycles. The van der Waals surface area contributed by atoms with Gasteiger partial charge in [-0.1, -0.05) is 42.5 Å². The number of rotatable bonds is 12. The number of benzene rings is 3. The first-order valence-corrected chi connectivity index (χ1v) is 14.3. The molecular formula is C33H37N3O7. The molecule has 10 nitrogen and oxygen atoms in total. The van der Waals surface area contributed by atoms with Crippen LogP contribution in [0.3, 0.4) is 0 Å². The summed E-state index contributed by atoms with van der Waals surface area (Å²) in [5, 5.41) is 11.3. The van der Waals surface area contributed by atoms with Crippen LogP contribution < -0.4 is 20.7 Å². The molecule has 10 heteroatoms. The number of hydrogen-bond acceptors (Lipinski definition) is 6. The summed E-state index contributed by atoms with van der Waals surface area (Å²) in [5.41, 5.74) is 11.9. The van der Waals surface area contributed by atoms with Gasteiger partial charge >= 0.3 is 12.1 Å². The molecule has 43 heavy (non-hydrogen) atoms. The molecule has 0 saturated heterocycles. The topological polar surface area (TPSA) is 148 Å². The number of carbonyl (C=O) groups is 4. The molecule has 3 amide bonds. The number of aryl methyl sites for hydroxylation is 1. The van der Waals surface area contributed by atoms with Crippen molar-refractivity contribution in [1.29, 1.82) is 0 Å². The molecule has 1 aliphatic heterocycles. The molecule has 4 N–H and O–H groups in total. The van der Waals surface area contributed by atoms with Gasteiger partial charge in [-0.05, 0) is 84.7 Å². The second-order valence-corrected chi connectivity index (χ2v) is 10.6. The van der Waals surface area contributed by atoms with Crippen LogP contribution in [0.25, 0.3) is 11.1 Å². The van der Waals surface area contributed by atoms with Crippen LogP contribution in [-0.2, 0) is 32.1 Å². The highest BCUT2D eigenvalue weighted by molar-refractivity contribution is 5.96. The molecule has 0 bridgehead atoms. The molecule has 3 aromatic carbocycles. The van der Waals surface area contributed by atoms with E-state index in [-0.39, 0.29) is 12.5 Å². The SMILES string of the molecule is Cc1cccc(OCCCC(=O)N2CCCc3c(-c4cccc(COC(=O)NC(CC(N)=O)C(=O)O)c4)cccc32)c1C. The molecule has 0 fully saturated rings. The van der Waals surface area contributed by atoms with Crippen molar-refractivity contribution in [2.24, 2.45) is 5.73 Å². The van der Waals surface area contributed by atoms with E-state index in [9.17, 15) is 24.3 Å². The Bertz CT molecular complexity index is 1500. The zero-order valence-corrected chi connectivity index (χ0v) is 24.4. The van der Waals surface area contributed by atoms with Gasteiger partial charge in [0.2, 0.25) is 11.8 Å². The van der Waals surface area contributed by atoms with Gasteiger partial charge in [-0.25, -0.2) is 9.59 Å². The molecule has 0 radical (unpaired) electrons. The van der Waals surface area contributed by atoms with Crippen LogP contribution in [0.5, 0.6) is 5.75 Å². The van der Waals surface area contributed by atoms with Crippen molar-refractivity contribution in [1.82, 2.24) is 5.32 Å². The second-order valence-electron chi connectivity index (χ2n) is 10.6. The number of amides is 3. The van der Waals surface area contributed by atoms with E-state index in [0.717, 1.165) is 46.5 Å². The van der Waals surface area contributed by atoms with Crippen LogP contribution in [0, 0.1) is 13.8 Å². The number of nitrogens with one attached hydrogen (secondary N) is 1. The van der Waals surface area contributed by atoms with E-state index in [2.05, 4.69) is 5.32 Å². The lowest BCUT2D eigenvalue weighted by atomic mass is 9.91. The average Bonchev–Trinajstić information content (AvgIpc) is 2.99. The lowest BCUT2D eigenvalue weighted by Gasteiger charge is -2.31. The van der Waals surface area contributed by atoms with Crippen molar-refractivity contribution < 1.29 is 33.8 Å². The molecule has 1 atom stereocenters. The third-order valence-electron chi connectivity index (χ3n) is 7.50. The van der Waals surface area contributed by atoms with Gasteiger partial charge in [-0.2, -0.15) is 0 Å². The minimum Gasteiger partial charge on any atom is -0.493 e. The molecule has 0 aliphatic carbocycles. The first-order valence-electron chi connectivity index (χ1n) is 14.3. The number of ether oxygens (including phenoxy) is 2. The third kappa shape index (κ3) is 8.12. The van der Waals surface area contributed by atoms with Gasteiger partial charge in [0.05, 0.1) is 13.0 Å². The highest BCUT2D eigenvalue weighted by Gasteiger charge is 2.25. The first kappa shape index (κ1) is 31.1. The van der Waals surface area contributed by atoms with Crippen LogP contribution in [0.1, 0.15) is 47.9 Å². The lowest BCUT2D eigenvalue weighted by molar-refractivity contribution is -0.141. The highest BCUT2D eigenvalue weighted by Crippen LogP contribution is 2.36. The van der Waals surface area contributed by atoms with E-state index in [0.29, 0.717) is 31.6 Å². The van der Waals surface area contributed by atoms with Gasteiger partial charge < -0.3 is 30.5 Å². The predicted molar refractivity (Wildman–Crippen MR) is 162 cm³/mol. The summed E-state index contributed by atoms with van der Waals surface area (Å²) < 4.78 is 11.1. The fraction of sp³-hybridized carbons (Fsp3) is 0.333. The van der Waals surface area contributed by atoms with Crippen molar-refractivity contribution in [3.63, 3.8) is 0 Å². The highest BCUT2D eigenvalue weighted by atomic mass is 16.5. The molecule has 1 heterocycles. The van der Waals surface area contributed by atoms with Crippen molar-refractivity contribution in [3.8, 4) is 16.9 Å². The zero-order chi connectivity index (χ0) is 30.9. The Kier molecular flexibility index (Phi) is 10.4. The minimum atomic E-state index is -1.47. The molecule has 1 aliphatic rings. The number of nitrogens with two attached hydrogens (primary N) is 1. The van der Waals surface area contributed by atoms with E-state index in [1.165, 1.54) is 5.56 Å². The van der Waals surface area contributed by atoms with Crippen LogP contribution in [0.2, 0.25) is 0 Å². The van der Waals surface area contributed by atoms with Gasteiger partial charge in [0.25, 0.3) is 0 Å². The lowest BCUT2D eigenvalue weighted by Crippen LogP contribution is -2.43. The van der Waals surface area contributed by atoms with Gasteiger partial charge in [-0.3, -0.25) is 9.59 Å². The number of carboxylic acid groups (broad SMARTS) is 1. The van der Waals surface area contributed by atoms with Crippen LogP contribution >= 0.6 is 0 Å².